The average molecular weight is 330 g/mol. The highest BCUT2D eigenvalue weighted by molar-refractivity contribution is 9.10. The Morgan fingerprint density at radius 1 is 1.61 bits per heavy atom. The first-order valence-corrected chi connectivity index (χ1v) is 7.77. The van der Waals surface area contributed by atoms with Crippen LogP contribution >= 0.6 is 27.7 Å². The van der Waals surface area contributed by atoms with Gasteiger partial charge in [-0.2, -0.15) is 11.8 Å². The van der Waals surface area contributed by atoms with Crippen LogP contribution in [0.5, 0.6) is 0 Å². The minimum Gasteiger partial charge on any atom is -0.479 e. The van der Waals surface area contributed by atoms with E-state index in [0.29, 0.717) is 6.42 Å². The lowest BCUT2D eigenvalue weighted by Crippen LogP contribution is -2.55. The van der Waals surface area contributed by atoms with Gasteiger partial charge in [-0.05, 0) is 36.8 Å². The Kier molecular flexibility index (Phi) is 4.22. The fourth-order valence-corrected chi connectivity index (χ4v) is 3.90. The molecular weight excluding hydrogens is 314 g/mol. The number of hydrogen-bond acceptors (Lipinski definition) is 3. The molecule has 0 spiro atoms. The number of rotatable bonds is 3. The molecule has 0 saturated carbocycles. The molecule has 3 nitrogen and oxygen atoms in total. The normalized spacial score (nSPS) is 27.8. The number of nitrogens with one attached hydrogen (secondary N) is 1. The molecule has 98 valence electrons. The van der Waals surface area contributed by atoms with Crippen LogP contribution in [-0.4, -0.2) is 27.6 Å². The van der Waals surface area contributed by atoms with E-state index in [2.05, 4.69) is 21.2 Å². The molecule has 1 fully saturated rings. The second-order valence-corrected chi connectivity index (χ2v) is 6.89. The van der Waals surface area contributed by atoms with Crippen LogP contribution in [0.4, 0.5) is 5.69 Å². The molecule has 0 aliphatic carbocycles. The number of carboxylic acid groups (broad SMARTS) is 1. The number of carboxylic acids is 1. The van der Waals surface area contributed by atoms with Gasteiger partial charge in [-0.1, -0.05) is 28.9 Å². The second-order valence-electron chi connectivity index (χ2n) is 4.53. The summed E-state index contributed by atoms with van der Waals surface area (Å²) in [6.07, 6.45) is 1.60. The van der Waals surface area contributed by atoms with Crippen molar-refractivity contribution >= 4 is 39.3 Å². The third-order valence-corrected chi connectivity index (χ3v) is 5.27. The number of thioether (sulfide) groups is 1. The fourth-order valence-electron chi connectivity index (χ4n) is 2.28. The smallest absolute Gasteiger partial charge is 0.330 e. The Labute approximate surface area is 119 Å². The van der Waals surface area contributed by atoms with Gasteiger partial charge in [-0.3, -0.25) is 0 Å². The van der Waals surface area contributed by atoms with Crippen LogP contribution in [0.1, 0.15) is 19.8 Å². The summed E-state index contributed by atoms with van der Waals surface area (Å²) in [5, 5.41) is 12.9. The maximum absolute atomic E-state index is 11.7. The van der Waals surface area contributed by atoms with Gasteiger partial charge in [0.05, 0.1) is 0 Å². The zero-order chi connectivity index (χ0) is 13.2. The Morgan fingerprint density at radius 2 is 2.39 bits per heavy atom. The van der Waals surface area contributed by atoms with Crippen molar-refractivity contribution in [1.29, 1.82) is 0 Å². The lowest BCUT2D eigenvalue weighted by Gasteiger charge is -2.39. The Hall–Kier alpha value is -0.680. The Bertz CT molecular complexity index is 454. The van der Waals surface area contributed by atoms with E-state index >= 15 is 0 Å². The van der Waals surface area contributed by atoms with Crippen molar-refractivity contribution in [1.82, 2.24) is 0 Å². The highest BCUT2D eigenvalue weighted by atomic mass is 79.9. The zero-order valence-corrected chi connectivity index (χ0v) is 12.6. The first-order chi connectivity index (χ1) is 8.54. The number of carbonyl (C=O) groups is 1. The molecule has 5 heteroatoms. The largest absolute Gasteiger partial charge is 0.479 e. The van der Waals surface area contributed by atoms with Gasteiger partial charge in [0, 0.05) is 15.4 Å². The lowest BCUT2D eigenvalue weighted by molar-refractivity contribution is -0.142. The Morgan fingerprint density at radius 3 is 3.00 bits per heavy atom. The van der Waals surface area contributed by atoms with Crippen molar-refractivity contribution in [3.05, 3.63) is 28.7 Å². The van der Waals surface area contributed by atoms with Gasteiger partial charge in [0.25, 0.3) is 0 Å². The van der Waals surface area contributed by atoms with E-state index in [1.54, 1.807) is 11.8 Å². The molecule has 1 aliphatic rings. The number of hydrogen-bond donors (Lipinski definition) is 2. The van der Waals surface area contributed by atoms with Gasteiger partial charge in [0.2, 0.25) is 0 Å². The summed E-state index contributed by atoms with van der Waals surface area (Å²) < 4.78 is 0.948. The summed E-state index contributed by atoms with van der Waals surface area (Å²) in [6, 6.07) is 7.65. The van der Waals surface area contributed by atoms with Crippen LogP contribution in [0.25, 0.3) is 0 Å². The van der Waals surface area contributed by atoms with E-state index in [0.717, 1.165) is 22.3 Å². The summed E-state index contributed by atoms with van der Waals surface area (Å²) >= 11 is 5.13. The van der Waals surface area contributed by atoms with Crippen LogP contribution in [0.2, 0.25) is 0 Å². The molecule has 2 N–H and O–H groups in total. The highest BCUT2D eigenvalue weighted by Crippen LogP contribution is 2.37. The molecule has 0 radical (unpaired) electrons. The average Bonchev–Trinajstić information content (AvgIpc) is 2.32. The predicted molar refractivity (Wildman–Crippen MR) is 79.3 cm³/mol. The van der Waals surface area contributed by atoms with Crippen molar-refractivity contribution in [2.45, 2.75) is 30.6 Å². The van der Waals surface area contributed by atoms with E-state index in [4.69, 9.17) is 0 Å². The first kappa shape index (κ1) is 13.7. The first-order valence-electron chi connectivity index (χ1n) is 5.93. The molecule has 18 heavy (non-hydrogen) atoms. The minimum atomic E-state index is -0.857. The van der Waals surface area contributed by atoms with Crippen LogP contribution in [0, 0.1) is 0 Å². The summed E-state index contributed by atoms with van der Waals surface area (Å²) in [7, 11) is 0. The van der Waals surface area contributed by atoms with Crippen molar-refractivity contribution in [3.63, 3.8) is 0 Å². The van der Waals surface area contributed by atoms with Gasteiger partial charge in [0.1, 0.15) is 5.54 Å². The molecule has 1 aromatic carbocycles. The van der Waals surface area contributed by atoms with Gasteiger partial charge in [-0.25, -0.2) is 4.79 Å². The van der Waals surface area contributed by atoms with Crippen molar-refractivity contribution in [2.24, 2.45) is 0 Å². The molecule has 0 amide bonds. The van der Waals surface area contributed by atoms with E-state index in [1.807, 2.05) is 31.2 Å². The van der Waals surface area contributed by atoms with Crippen LogP contribution in [-0.2, 0) is 4.79 Å². The summed E-state index contributed by atoms with van der Waals surface area (Å²) in [4.78, 5) is 11.7. The number of benzene rings is 1. The molecule has 1 aliphatic heterocycles. The van der Waals surface area contributed by atoms with E-state index < -0.39 is 11.5 Å². The molecule has 0 bridgehead atoms. The summed E-state index contributed by atoms with van der Waals surface area (Å²) in [5.74, 6) is 0.276. The topological polar surface area (TPSA) is 49.3 Å². The standard InChI is InChI=1S/C13H16BrNO2S/c1-9-13(12(16)17,6-3-7-18-9)15-11-5-2-4-10(14)8-11/h2,4-5,8-9,15H,3,6-7H2,1H3,(H,16,17). The van der Waals surface area contributed by atoms with E-state index in [1.165, 1.54) is 0 Å². The molecule has 2 unspecified atom stereocenters. The molecule has 1 aromatic rings. The van der Waals surface area contributed by atoms with Crippen LogP contribution in [0.15, 0.2) is 28.7 Å². The maximum atomic E-state index is 11.7. The zero-order valence-electron chi connectivity index (χ0n) is 10.1. The van der Waals surface area contributed by atoms with Gasteiger partial charge in [0.15, 0.2) is 0 Å². The van der Waals surface area contributed by atoms with Crippen LogP contribution < -0.4 is 5.32 Å². The van der Waals surface area contributed by atoms with Crippen molar-refractivity contribution in [3.8, 4) is 0 Å². The Balaban J connectivity index is 2.28. The molecule has 1 heterocycles. The molecular formula is C13H16BrNO2S. The molecule has 2 rings (SSSR count). The van der Waals surface area contributed by atoms with E-state index in [9.17, 15) is 9.90 Å². The van der Waals surface area contributed by atoms with Gasteiger partial charge >= 0.3 is 5.97 Å². The molecule has 0 aromatic heterocycles. The third kappa shape index (κ3) is 2.67. The SMILES string of the molecule is CC1SCCCC1(Nc1cccc(Br)c1)C(=O)O. The molecule has 1 saturated heterocycles. The summed E-state index contributed by atoms with van der Waals surface area (Å²) in [6.45, 7) is 1.99. The van der Waals surface area contributed by atoms with E-state index in [-0.39, 0.29) is 5.25 Å². The number of halogens is 1. The quantitative estimate of drug-likeness (QED) is 0.889. The number of anilines is 1. The third-order valence-electron chi connectivity index (χ3n) is 3.35. The van der Waals surface area contributed by atoms with Gasteiger partial charge < -0.3 is 10.4 Å². The number of aliphatic carboxylic acids is 1. The fraction of sp³-hybridized carbons (Fsp3) is 0.462. The molecule has 2 atom stereocenters. The maximum Gasteiger partial charge on any atom is 0.330 e. The highest BCUT2D eigenvalue weighted by Gasteiger charge is 2.45. The lowest BCUT2D eigenvalue weighted by atomic mass is 9.89. The van der Waals surface area contributed by atoms with Crippen molar-refractivity contribution < 1.29 is 9.90 Å². The monoisotopic (exact) mass is 329 g/mol. The van der Waals surface area contributed by atoms with Crippen molar-refractivity contribution in [2.75, 3.05) is 11.1 Å². The predicted octanol–water partition coefficient (Wildman–Crippen LogP) is 3.60. The minimum absolute atomic E-state index is 0.0581. The second kappa shape index (κ2) is 5.53. The van der Waals surface area contributed by atoms with Crippen LogP contribution in [0.3, 0.4) is 0 Å². The summed E-state index contributed by atoms with van der Waals surface area (Å²) in [5.41, 5.74) is -0.00917. The van der Waals surface area contributed by atoms with Gasteiger partial charge in [-0.15, -0.1) is 0 Å².